The number of hydrogen-bond donors (Lipinski definition) is 1. The van der Waals surface area contributed by atoms with Gasteiger partial charge in [0.15, 0.2) is 5.67 Å². The molecule has 1 heterocycles. The van der Waals surface area contributed by atoms with Crippen LogP contribution in [0.5, 0.6) is 0 Å². The Bertz CT molecular complexity index is 336. The Morgan fingerprint density at radius 1 is 1.33 bits per heavy atom. The first-order chi connectivity index (χ1) is 8.21. The number of carbonyl (C=O) groups excluding carboxylic acids is 1. The van der Waals surface area contributed by atoms with Crippen molar-refractivity contribution >= 4 is 5.91 Å². The summed E-state index contributed by atoms with van der Waals surface area (Å²) < 4.78 is 27.9. The van der Waals surface area contributed by atoms with Gasteiger partial charge in [-0.25, -0.2) is 8.78 Å². The van der Waals surface area contributed by atoms with E-state index < -0.39 is 23.8 Å². The first-order valence-electron chi connectivity index (χ1n) is 6.61. The van der Waals surface area contributed by atoms with Crippen LogP contribution in [0.4, 0.5) is 8.78 Å². The van der Waals surface area contributed by atoms with Gasteiger partial charge < -0.3 is 10.2 Å². The molecule has 0 spiro atoms. The van der Waals surface area contributed by atoms with E-state index in [0.717, 1.165) is 6.42 Å². The van der Waals surface area contributed by atoms with Gasteiger partial charge >= 0.3 is 0 Å². The fourth-order valence-corrected chi connectivity index (χ4v) is 2.61. The number of nitrogens with one attached hydrogen (secondary N) is 1. The van der Waals surface area contributed by atoms with Gasteiger partial charge in [0.25, 0.3) is 5.91 Å². The highest BCUT2D eigenvalue weighted by Crippen LogP contribution is 2.38. The molecule has 1 aliphatic carbocycles. The molecule has 1 N–H and O–H groups in total. The van der Waals surface area contributed by atoms with Crippen molar-refractivity contribution in [3.8, 4) is 0 Å². The standard InChI is InChI=1S/C13H22F2N2O/c1-12(2,3)16-10-8-17(7-9(10)14)11(18)13(15)5-4-6-13/h9-10,16H,4-8H2,1-3H3/t9-,10+/m0/s1. The van der Waals surface area contributed by atoms with E-state index in [-0.39, 0.29) is 31.5 Å². The Morgan fingerprint density at radius 2 is 1.94 bits per heavy atom. The van der Waals surface area contributed by atoms with Gasteiger partial charge in [0.2, 0.25) is 0 Å². The maximum atomic E-state index is 14.0. The summed E-state index contributed by atoms with van der Waals surface area (Å²) in [6.07, 6.45) is 0.211. The smallest absolute Gasteiger partial charge is 0.260 e. The number of likely N-dealkylation sites (tertiary alicyclic amines) is 1. The van der Waals surface area contributed by atoms with Crippen molar-refractivity contribution in [2.24, 2.45) is 0 Å². The molecule has 5 heteroatoms. The van der Waals surface area contributed by atoms with E-state index in [4.69, 9.17) is 0 Å². The van der Waals surface area contributed by atoms with Crippen LogP contribution in [0.3, 0.4) is 0 Å². The van der Waals surface area contributed by atoms with Gasteiger partial charge in [-0.05, 0) is 40.0 Å². The first-order valence-corrected chi connectivity index (χ1v) is 6.61. The van der Waals surface area contributed by atoms with Gasteiger partial charge in [-0.15, -0.1) is 0 Å². The number of nitrogens with zero attached hydrogens (tertiary/aromatic N) is 1. The van der Waals surface area contributed by atoms with Gasteiger partial charge in [0, 0.05) is 12.1 Å². The third kappa shape index (κ3) is 2.66. The van der Waals surface area contributed by atoms with Crippen molar-refractivity contribution in [2.45, 2.75) is 63.5 Å². The summed E-state index contributed by atoms with van der Waals surface area (Å²) in [6, 6.07) is -0.391. The Kier molecular flexibility index (Phi) is 3.38. The predicted octanol–water partition coefficient (Wildman–Crippen LogP) is 1.82. The molecule has 0 unspecified atom stereocenters. The second kappa shape index (κ2) is 4.44. The number of rotatable bonds is 2. The maximum Gasteiger partial charge on any atom is 0.260 e. The molecule has 2 aliphatic rings. The third-order valence-corrected chi connectivity index (χ3v) is 3.68. The second-order valence-electron chi connectivity index (χ2n) is 6.55. The lowest BCUT2D eigenvalue weighted by Gasteiger charge is -2.35. The summed E-state index contributed by atoms with van der Waals surface area (Å²) in [5.74, 6) is -0.519. The molecule has 1 saturated carbocycles. The average molecular weight is 260 g/mol. The second-order valence-corrected chi connectivity index (χ2v) is 6.55. The molecule has 0 aromatic carbocycles. The minimum absolute atomic E-state index is 0.0122. The highest BCUT2D eigenvalue weighted by molar-refractivity contribution is 5.86. The lowest BCUT2D eigenvalue weighted by Crippen LogP contribution is -2.51. The first kappa shape index (κ1) is 13.7. The molecule has 0 radical (unpaired) electrons. The number of alkyl halides is 2. The van der Waals surface area contributed by atoms with Crippen molar-refractivity contribution in [1.29, 1.82) is 0 Å². The van der Waals surface area contributed by atoms with Crippen LogP contribution >= 0.6 is 0 Å². The van der Waals surface area contributed by atoms with Crippen LogP contribution in [0.1, 0.15) is 40.0 Å². The zero-order valence-corrected chi connectivity index (χ0v) is 11.3. The normalized spacial score (nSPS) is 31.3. The highest BCUT2D eigenvalue weighted by atomic mass is 19.1. The molecule has 1 amide bonds. The van der Waals surface area contributed by atoms with Gasteiger partial charge in [-0.3, -0.25) is 4.79 Å². The Balaban J connectivity index is 1.96. The summed E-state index contributed by atoms with van der Waals surface area (Å²) in [5.41, 5.74) is -1.92. The Hall–Kier alpha value is -0.710. The van der Waals surface area contributed by atoms with Gasteiger partial charge in [-0.1, -0.05) is 0 Å². The fourth-order valence-electron chi connectivity index (χ4n) is 2.61. The molecule has 2 fully saturated rings. The highest BCUT2D eigenvalue weighted by Gasteiger charge is 2.49. The summed E-state index contributed by atoms with van der Waals surface area (Å²) in [4.78, 5) is 13.3. The lowest BCUT2D eigenvalue weighted by atomic mass is 9.81. The van der Waals surface area contributed by atoms with Crippen molar-refractivity contribution in [1.82, 2.24) is 10.2 Å². The van der Waals surface area contributed by atoms with Crippen LogP contribution in [-0.2, 0) is 4.79 Å². The molecular weight excluding hydrogens is 238 g/mol. The SMILES string of the molecule is CC(C)(C)N[C@@H]1CN(C(=O)C2(F)CCC2)C[C@@H]1F. The van der Waals surface area contributed by atoms with Crippen molar-refractivity contribution in [3.63, 3.8) is 0 Å². The zero-order valence-electron chi connectivity index (χ0n) is 11.3. The minimum atomic E-state index is -1.71. The largest absolute Gasteiger partial charge is 0.335 e. The molecule has 104 valence electrons. The number of amides is 1. The van der Waals surface area contributed by atoms with E-state index in [9.17, 15) is 13.6 Å². The monoisotopic (exact) mass is 260 g/mol. The van der Waals surface area contributed by atoms with Crippen LogP contribution in [0.15, 0.2) is 0 Å². The molecule has 0 aromatic heterocycles. The van der Waals surface area contributed by atoms with Crippen molar-refractivity contribution in [2.75, 3.05) is 13.1 Å². The quantitative estimate of drug-likeness (QED) is 0.821. The lowest BCUT2D eigenvalue weighted by molar-refractivity contribution is -0.149. The zero-order chi connectivity index (χ0) is 13.6. The summed E-state index contributed by atoms with van der Waals surface area (Å²) >= 11 is 0. The molecule has 3 nitrogen and oxygen atoms in total. The van der Waals surface area contributed by atoms with E-state index in [2.05, 4.69) is 5.32 Å². The molecule has 1 saturated heterocycles. The summed E-state index contributed by atoms with van der Waals surface area (Å²) in [7, 11) is 0. The van der Waals surface area contributed by atoms with Crippen molar-refractivity contribution < 1.29 is 13.6 Å². The van der Waals surface area contributed by atoms with E-state index in [1.54, 1.807) is 0 Å². The molecule has 1 aliphatic heterocycles. The van der Waals surface area contributed by atoms with E-state index in [0.29, 0.717) is 0 Å². The summed E-state index contributed by atoms with van der Waals surface area (Å²) in [6.45, 7) is 6.13. The maximum absolute atomic E-state index is 14.0. The fraction of sp³-hybridized carbons (Fsp3) is 0.923. The van der Waals surface area contributed by atoms with Gasteiger partial charge in [0.1, 0.15) is 6.17 Å². The topological polar surface area (TPSA) is 32.3 Å². The molecule has 2 rings (SSSR count). The number of carbonyl (C=O) groups is 1. The van der Waals surface area contributed by atoms with Crippen LogP contribution in [0, 0.1) is 0 Å². The Morgan fingerprint density at radius 3 is 2.39 bits per heavy atom. The summed E-state index contributed by atoms with van der Waals surface area (Å²) in [5, 5.41) is 3.15. The van der Waals surface area contributed by atoms with Crippen LogP contribution in [0.2, 0.25) is 0 Å². The van der Waals surface area contributed by atoms with Crippen LogP contribution < -0.4 is 5.32 Å². The predicted molar refractivity (Wildman–Crippen MR) is 65.8 cm³/mol. The molecule has 0 aromatic rings. The van der Waals surface area contributed by atoms with Crippen molar-refractivity contribution in [3.05, 3.63) is 0 Å². The Labute approximate surface area is 107 Å². The van der Waals surface area contributed by atoms with Gasteiger partial charge in [-0.2, -0.15) is 0 Å². The van der Waals surface area contributed by atoms with Gasteiger partial charge in [0.05, 0.1) is 12.6 Å². The minimum Gasteiger partial charge on any atom is -0.335 e. The van der Waals surface area contributed by atoms with E-state index >= 15 is 0 Å². The molecule has 2 atom stereocenters. The molecule has 0 bridgehead atoms. The van der Waals surface area contributed by atoms with E-state index in [1.165, 1.54) is 4.90 Å². The van der Waals surface area contributed by atoms with Crippen LogP contribution in [-0.4, -0.2) is 47.3 Å². The van der Waals surface area contributed by atoms with E-state index in [1.807, 2.05) is 20.8 Å². The third-order valence-electron chi connectivity index (χ3n) is 3.68. The molecule has 18 heavy (non-hydrogen) atoms. The number of halogens is 2. The average Bonchev–Trinajstić information content (AvgIpc) is 2.53. The molecular formula is C13H22F2N2O. The number of hydrogen-bond acceptors (Lipinski definition) is 2. The van der Waals surface area contributed by atoms with Crippen LogP contribution in [0.25, 0.3) is 0 Å².